The zero-order chi connectivity index (χ0) is 26.0. The summed E-state index contributed by atoms with van der Waals surface area (Å²) in [5.74, 6) is -0.207. The summed E-state index contributed by atoms with van der Waals surface area (Å²) in [6.45, 7) is 6.83. The van der Waals surface area contributed by atoms with Crippen LogP contribution in [0.5, 0.6) is 0 Å². The largest absolute Gasteiger partial charge is 0.350 e. The number of hydrogen-bond donors (Lipinski definition) is 2. The molecule has 8 nitrogen and oxygen atoms in total. The molecule has 0 radical (unpaired) electrons. The molecule has 8 heteroatoms. The van der Waals surface area contributed by atoms with Crippen LogP contribution in [0.4, 0.5) is 0 Å². The summed E-state index contributed by atoms with van der Waals surface area (Å²) >= 11 is 0. The van der Waals surface area contributed by atoms with Crippen LogP contribution in [0.25, 0.3) is 0 Å². The van der Waals surface area contributed by atoms with Gasteiger partial charge in [0.2, 0.25) is 18.2 Å². The van der Waals surface area contributed by atoms with Crippen LogP contribution in [0.3, 0.4) is 0 Å². The lowest BCUT2D eigenvalue weighted by atomic mass is 9.90. The Labute approximate surface area is 209 Å². The van der Waals surface area contributed by atoms with Gasteiger partial charge in [-0.3, -0.25) is 19.2 Å². The molecular formula is C27H40N4O4. The van der Waals surface area contributed by atoms with Crippen molar-refractivity contribution in [2.45, 2.75) is 58.0 Å². The van der Waals surface area contributed by atoms with E-state index in [0.29, 0.717) is 37.9 Å². The van der Waals surface area contributed by atoms with Crippen molar-refractivity contribution in [3.8, 4) is 0 Å². The van der Waals surface area contributed by atoms with Gasteiger partial charge in [-0.25, -0.2) is 0 Å². The summed E-state index contributed by atoms with van der Waals surface area (Å²) in [5, 5.41) is 5.57. The maximum absolute atomic E-state index is 13.4. The first-order chi connectivity index (χ1) is 16.7. The van der Waals surface area contributed by atoms with Crippen molar-refractivity contribution in [2.75, 3.05) is 33.7 Å². The molecule has 2 N–H and O–H groups in total. The highest BCUT2D eigenvalue weighted by molar-refractivity contribution is 5.97. The Hall–Kier alpha value is -3.00. The monoisotopic (exact) mass is 484 g/mol. The minimum absolute atomic E-state index is 0.0489. The van der Waals surface area contributed by atoms with E-state index in [1.807, 2.05) is 51.2 Å². The summed E-state index contributed by atoms with van der Waals surface area (Å²) in [7, 11) is 3.54. The first kappa shape index (κ1) is 28.2. The Bertz CT molecular complexity index is 900. The second-order valence-corrected chi connectivity index (χ2v) is 9.58. The fraction of sp³-hybridized carbons (Fsp3) is 0.556. The van der Waals surface area contributed by atoms with Gasteiger partial charge in [-0.15, -0.1) is 0 Å². The summed E-state index contributed by atoms with van der Waals surface area (Å²) in [6.07, 6.45) is 4.13. The second-order valence-electron chi connectivity index (χ2n) is 9.58. The number of carbonyl (C=O) groups is 4. The fourth-order valence-corrected chi connectivity index (χ4v) is 4.73. The summed E-state index contributed by atoms with van der Waals surface area (Å²) in [4.78, 5) is 52.9. The average Bonchev–Trinajstić information content (AvgIpc) is 3.35. The Kier molecular flexibility index (Phi) is 11.1. The van der Waals surface area contributed by atoms with Crippen molar-refractivity contribution >= 4 is 24.0 Å². The number of benzene rings is 1. The van der Waals surface area contributed by atoms with Gasteiger partial charge >= 0.3 is 0 Å². The molecule has 3 amide bonds. The van der Waals surface area contributed by atoms with E-state index >= 15 is 0 Å². The zero-order valence-electron chi connectivity index (χ0n) is 21.6. The van der Waals surface area contributed by atoms with Gasteiger partial charge in [-0.1, -0.05) is 50.3 Å². The molecule has 1 aliphatic heterocycles. The number of nitrogens with one attached hydrogen (secondary N) is 2. The topological polar surface area (TPSA) is 98.8 Å². The number of hydrogen-bond acceptors (Lipinski definition) is 5. The molecule has 1 aromatic rings. The second kappa shape index (κ2) is 13.8. The third-order valence-corrected chi connectivity index (χ3v) is 6.67. The number of likely N-dealkylation sites (N-methyl/N-ethyl adjacent to an activating group) is 2. The molecular weight excluding hydrogens is 444 g/mol. The van der Waals surface area contributed by atoms with Crippen molar-refractivity contribution in [2.24, 2.45) is 5.92 Å². The predicted molar refractivity (Wildman–Crippen MR) is 137 cm³/mol. The van der Waals surface area contributed by atoms with Crippen molar-refractivity contribution in [3.63, 3.8) is 0 Å². The normalized spacial score (nSPS) is 17.7. The number of likely N-dealkylation sites (tertiary alicyclic amines) is 1. The predicted octanol–water partition coefficient (Wildman–Crippen LogP) is 2.12. The van der Waals surface area contributed by atoms with E-state index in [2.05, 4.69) is 10.6 Å². The quantitative estimate of drug-likeness (QED) is 0.330. The molecule has 1 aliphatic rings. The number of amides is 3. The first-order valence-electron chi connectivity index (χ1n) is 12.4. The Morgan fingerprint density at radius 1 is 1.20 bits per heavy atom. The number of Topliss-reactive ketones (excluding diaryl/α,β-unsaturated/α-hetero) is 1. The van der Waals surface area contributed by atoms with Gasteiger partial charge in [0.05, 0.1) is 18.6 Å². The molecule has 1 aromatic carbocycles. The van der Waals surface area contributed by atoms with Crippen LogP contribution >= 0.6 is 0 Å². The molecule has 0 saturated carbocycles. The molecule has 3 atom stereocenters. The highest BCUT2D eigenvalue weighted by Crippen LogP contribution is 2.27. The number of ketones is 1. The molecule has 2 rings (SSSR count). The van der Waals surface area contributed by atoms with E-state index in [1.165, 1.54) is 0 Å². The Morgan fingerprint density at radius 2 is 1.89 bits per heavy atom. The molecule has 1 fully saturated rings. The lowest BCUT2D eigenvalue weighted by molar-refractivity contribution is -0.135. The molecule has 1 heterocycles. The molecule has 0 bridgehead atoms. The highest BCUT2D eigenvalue weighted by atomic mass is 16.2. The number of rotatable bonds is 13. The molecule has 192 valence electrons. The van der Waals surface area contributed by atoms with Gasteiger partial charge in [0.15, 0.2) is 5.78 Å². The third kappa shape index (κ3) is 7.75. The Morgan fingerprint density at radius 3 is 2.49 bits per heavy atom. The fourth-order valence-electron chi connectivity index (χ4n) is 4.73. The zero-order valence-corrected chi connectivity index (χ0v) is 21.6. The smallest absolute Gasteiger partial charge is 0.249 e. The van der Waals surface area contributed by atoms with Crippen LogP contribution in [-0.2, 0) is 19.2 Å². The maximum atomic E-state index is 13.4. The Balaban J connectivity index is 2.15. The molecule has 0 spiro atoms. The van der Waals surface area contributed by atoms with E-state index in [0.717, 1.165) is 12.0 Å². The molecule has 0 aromatic heterocycles. The van der Waals surface area contributed by atoms with Gasteiger partial charge in [0.25, 0.3) is 0 Å². The minimum Gasteiger partial charge on any atom is -0.350 e. The van der Waals surface area contributed by atoms with E-state index in [9.17, 15) is 19.2 Å². The van der Waals surface area contributed by atoms with Crippen LogP contribution < -0.4 is 10.6 Å². The summed E-state index contributed by atoms with van der Waals surface area (Å²) in [5.41, 5.74) is 1.62. The summed E-state index contributed by atoms with van der Waals surface area (Å²) in [6, 6.07) is 9.25. The van der Waals surface area contributed by atoms with Crippen molar-refractivity contribution in [3.05, 3.63) is 47.5 Å². The lowest BCUT2D eigenvalue weighted by Crippen LogP contribution is -2.44. The van der Waals surface area contributed by atoms with E-state index in [4.69, 9.17) is 0 Å². The number of carbonyl (C=O) groups excluding carboxylic acids is 4. The average molecular weight is 485 g/mol. The SMILES string of the molecule is CNCC(CC(=O)[C@@H]1CCCN1C(=O)/C(C)=C/C(C(C)C)N(C)C(=O)CNC=O)c1ccccc1. The van der Waals surface area contributed by atoms with E-state index < -0.39 is 6.04 Å². The van der Waals surface area contributed by atoms with Crippen LogP contribution in [0, 0.1) is 5.92 Å². The molecule has 1 saturated heterocycles. The molecule has 0 aliphatic carbocycles. The van der Waals surface area contributed by atoms with Crippen molar-refractivity contribution in [1.82, 2.24) is 20.4 Å². The maximum Gasteiger partial charge on any atom is 0.249 e. The lowest BCUT2D eigenvalue weighted by Gasteiger charge is -2.30. The van der Waals surface area contributed by atoms with E-state index in [-0.39, 0.29) is 42.0 Å². The van der Waals surface area contributed by atoms with Crippen molar-refractivity contribution in [1.29, 1.82) is 0 Å². The first-order valence-corrected chi connectivity index (χ1v) is 12.4. The van der Waals surface area contributed by atoms with Crippen molar-refractivity contribution < 1.29 is 19.2 Å². The van der Waals surface area contributed by atoms with Gasteiger partial charge < -0.3 is 20.4 Å². The van der Waals surface area contributed by atoms with Gasteiger partial charge in [0, 0.05) is 38.0 Å². The van der Waals surface area contributed by atoms with Crippen LogP contribution in [-0.4, -0.2) is 79.6 Å². The molecule has 2 unspecified atom stereocenters. The third-order valence-electron chi connectivity index (χ3n) is 6.67. The van der Waals surface area contributed by atoms with Crippen LogP contribution in [0.15, 0.2) is 42.0 Å². The molecule has 35 heavy (non-hydrogen) atoms. The van der Waals surface area contributed by atoms with E-state index in [1.54, 1.807) is 29.8 Å². The van der Waals surface area contributed by atoms with Gasteiger partial charge in [0.1, 0.15) is 0 Å². The van der Waals surface area contributed by atoms with Crippen LogP contribution in [0.1, 0.15) is 51.5 Å². The highest BCUT2D eigenvalue weighted by Gasteiger charge is 2.35. The standard InChI is InChI=1S/C27H40N4O4/c1-19(2)24(30(5)26(34)17-29-18-32)14-20(3)27(35)31-13-9-12-23(31)25(33)15-22(16-28-4)21-10-7-6-8-11-21/h6-8,10-11,14,18-19,22-24,28H,9,12-13,15-17H2,1-5H3,(H,29,32)/b20-14+/t22?,23-,24?/m0/s1. The number of nitrogens with zero attached hydrogens (tertiary/aromatic N) is 2. The van der Waals surface area contributed by atoms with Gasteiger partial charge in [-0.05, 0) is 38.3 Å². The van der Waals surface area contributed by atoms with Crippen LogP contribution in [0.2, 0.25) is 0 Å². The minimum atomic E-state index is -0.428. The van der Waals surface area contributed by atoms with Gasteiger partial charge in [-0.2, -0.15) is 0 Å². The summed E-state index contributed by atoms with van der Waals surface area (Å²) < 4.78 is 0.